The van der Waals surface area contributed by atoms with Crippen LogP contribution in [0.2, 0.25) is 0 Å². The molecule has 3 aromatic carbocycles. The summed E-state index contributed by atoms with van der Waals surface area (Å²) < 4.78 is 32.3. The molecule has 1 aliphatic rings. The fourth-order valence-electron chi connectivity index (χ4n) is 3.56. The SMILES string of the molecule is O=C(NNC(=O)c1ccc(S(=O)(=O)N2CCCC2)cc1)c1ccc(OCc2ccccc2)cc1. The van der Waals surface area contributed by atoms with E-state index in [0.29, 0.717) is 31.0 Å². The van der Waals surface area contributed by atoms with Gasteiger partial charge in [-0.2, -0.15) is 4.31 Å². The van der Waals surface area contributed by atoms with Crippen molar-refractivity contribution < 1.29 is 22.7 Å². The van der Waals surface area contributed by atoms with Gasteiger partial charge in [-0.1, -0.05) is 30.3 Å². The van der Waals surface area contributed by atoms with Gasteiger partial charge in [-0.25, -0.2) is 8.42 Å². The lowest BCUT2D eigenvalue weighted by atomic mass is 10.2. The third-order valence-corrected chi connectivity index (χ3v) is 7.39. The van der Waals surface area contributed by atoms with E-state index in [-0.39, 0.29) is 10.5 Å². The summed E-state index contributed by atoms with van der Waals surface area (Å²) >= 11 is 0. The van der Waals surface area contributed by atoms with Crippen LogP contribution in [0.1, 0.15) is 39.1 Å². The molecule has 1 aliphatic heterocycles. The molecule has 0 aromatic heterocycles. The summed E-state index contributed by atoms with van der Waals surface area (Å²) in [5, 5.41) is 0. The number of nitrogens with one attached hydrogen (secondary N) is 2. The molecule has 0 bridgehead atoms. The minimum atomic E-state index is -3.54. The predicted molar refractivity (Wildman–Crippen MR) is 127 cm³/mol. The fraction of sp³-hybridized carbons (Fsp3) is 0.200. The second kappa shape index (κ2) is 10.5. The highest BCUT2D eigenvalue weighted by Gasteiger charge is 2.27. The van der Waals surface area contributed by atoms with Crippen molar-refractivity contribution >= 4 is 21.8 Å². The molecule has 3 aromatic rings. The monoisotopic (exact) mass is 479 g/mol. The molecular weight excluding hydrogens is 454 g/mol. The number of ether oxygens (including phenoxy) is 1. The highest BCUT2D eigenvalue weighted by atomic mass is 32.2. The summed E-state index contributed by atoms with van der Waals surface area (Å²) in [5.41, 5.74) is 6.31. The second-order valence-electron chi connectivity index (χ2n) is 7.84. The molecule has 1 fully saturated rings. The first-order valence-electron chi connectivity index (χ1n) is 10.9. The first-order valence-corrected chi connectivity index (χ1v) is 12.4. The fourth-order valence-corrected chi connectivity index (χ4v) is 5.07. The molecule has 1 heterocycles. The lowest BCUT2D eigenvalue weighted by Gasteiger charge is -2.15. The Bertz CT molecular complexity index is 1240. The zero-order valence-electron chi connectivity index (χ0n) is 18.4. The molecule has 34 heavy (non-hydrogen) atoms. The number of nitrogens with zero attached hydrogens (tertiary/aromatic N) is 1. The summed E-state index contributed by atoms with van der Waals surface area (Å²) in [6, 6.07) is 21.9. The van der Waals surface area contributed by atoms with Crippen molar-refractivity contribution in [3.05, 3.63) is 95.6 Å². The number of carbonyl (C=O) groups excluding carboxylic acids is 2. The van der Waals surface area contributed by atoms with Gasteiger partial charge in [-0.3, -0.25) is 20.4 Å². The smallest absolute Gasteiger partial charge is 0.269 e. The lowest BCUT2D eigenvalue weighted by molar-refractivity contribution is 0.0846. The molecule has 0 radical (unpaired) electrons. The highest BCUT2D eigenvalue weighted by molar-refractivity contribution is 7.89. The largest absolute Gasteiger partial charge is 0.489 e. The Balaban J connectivity index is 1.29. The Morgan fingerprint density at radius 1 is 0.765 bits per heavy atom. The molecule has 0 unspecified atom stereocenters. The summed E-state index contributed by atoms with van der Waals surface area (Å²) in [6.45, 7) is 1.44. The maximum atomic E-state index is 12.6. The molecule has 4 rings (SSSR count). The number of rotatable bonds is 7. The summed E-state index contributed by atoms with van der Waals surface area (Å²) in [7, 11) is -3.54. The quantitative estimate of drug-likeness (QED) is 0.507. The van der Waals surface area contributed by atoms with Gasteiger partial charge in [0.2, 0.25) is 10.0 Å². The van der Waals surface area contributed by atoms with E-state index in [0.717, 1.165) is 18.4 Å². The molecule has 0 saturated carbocycles. The van der Waals surface area contributed by atoms with Crippen LogP contribution in [0.25, 0.3) is 0 Å². The molecule has 176 valence electrons. The van der Waals surface area contributed by atoms with Crippen LogP contribution in [0.5, 0.6) is 5.75 Å². The zero-order valence-corrected chi connectivity index (χ0v) is 19.3. The minimum Gasteiger partial charge on any atom is -0.489 e. The van der Waals surface area contributed by atoms with Crippen LogP contribution in [0, 0.1) is 0 Å². The van der Waals surface area contributed by atoms with Crippen molar-refractivity contribution in [1.29, 1.82) is 0 Å². The van der Waals surface area contributed by atoms with E-state index in [1.165, 1.54) is 28.6 Å². The number of carbonyl (C=O) groups is 2. The lowest BCUT2D eigenvalue weighted by Crippen LogP contribution is -2.41. The maximum absolute atomic E-state index is 12.6. The van der Waals surface area contributed by atoms with Crippen molar-refractivity contribution in [3.63, 3.8) is 0 Å². The summed E-state index contributed by atoms with van der Waals surface area (Å²) in [4.78, 5) is 24.9. The number of hydrogen-bond acceptors (Lipinski definition) is 5. The van der Waals surface area contributed by atoms with Crippen LogP contribution in [-0.2, 0) is 16.6 Å². The zero-order chi connectivity index (χ0) is 24.0. The normalized spacial score (nSPS) is 13.9. The van der Waals surface area contributed by atoms with E-state index in [4.69, 9.17) is 4.74 Å². The molecule has 0 atom stereocenters. The van der Waals surface area contributed by atoms with Crippen LogP contribution >= 0.6 is 0 Å². The first-order chi connectivity index (χ1) is 16.4. The van der Waals surface area contributed by atoms with Gasteiger partial charge < -0.3 is 4.74 Å². The average molecular weight is 480 g/mol. The number of hydrogen-bond donors (Lipinski definition) is 2. The molecule has 1 saturated heterocycles. The van der Waals surface area contributed by atoms with E-state index >= 15 is 0 Å². The van der Waals surface area contributed by atoms with Gasteiger partial charge in [0.1, 0.15) is 12.4 Å². The Morgan fingerprint density at radius 2 is 1.29 bits per heavy atom. The van der Waals surface area contributed by atoms with Crippen LogP contribution in [0.3, 0.4) is 0 Å². The average Bonchev–Trinajstić information content (AvgIpc) is 3.43. The molecule has 2 N–H and O–H groups in total. The van der Waals surface area contributed by atoms with Gasteiger partial charge in [-0.05, 0) is 66.9 Å². The van der Waals surface area contributed by atoms with E-state index in [1.807, 2.05) is 30.3 Å². The van der Waals surface area contributed by atoms with E-state index < -0.39 is 21.8 Å². The Kier molecular flexibility index (Phi) is 7.24. The second-order valence-corrected chi connectivity index (χ2v) is 9.78. The molecule has 9 heteroatoms. The Labute approximate surface area is 198 Å². The number of benzene rings is 3. The first kappa shape index (κ1) is 23.5. The maximum Gasteiger partial charge on any atom is 0.269 e. The van der Waals surface area contributed by atoms with E-state index in [2.05, 4.69) is 10.9 Å². The van der Waals surface area contributed by atoms with Crippen LogP contribution in [-0.4, -0.2) is 37.6 Å². The number of amides is 2. The van der Waals surface area contributed by atoms with Crippen molar-refractivity contribution in [3.8, 4) is 5.75 Å². The highest BCUT2D eigenvalue weighted by Crippen LogP contribution is 2.21. The molecule has 0 spiro atoms. The predicted octanol–water partition coefficient (Wildman–Crippen LogP) is 3.12. The van der Waals surface area contributed by atoms with E-state index in [9.17, 15) is 18.0 Å². The molecule has 8 nitrogen and oxygen atoms in total. The van der Waals surface area contributed by atoms with Crippen molar-refractivity contribution in [2.24, 2.45) is 0 Å². The van der Waals surface area contributed by atoms with E-state index in [1.54, 1.807) is 24.3 Å². The van der Waals surface area contributed by atoms with Crippen molar-refractivity contribution in [2.45, 2.75) is 24.3 Å². The van der Waals surface area contributed by atoms with Crippen molar-refractivity contribution in [2.75, 3.05) is 13.1 Å². The topological polar surface area (TPSA) is 105 Å². The number of hydrazine groups is 1. The van der Waals surface area contributed by atoms with Gasteiger partial charge in [0.25, 0.3) is 11.8 Å². The van der Waals surface area contributed by atoms with Crippen LogP contribution in [0.15, 0.2) is 83.8 Å². The Hall–Kier alpha value is -3.69. The van der Waals surface area contributed by atoms with Gasteiger partial charge in [0.15, 0.2) is 0 Å². The summed E-state index contributed by atoms with van der Waals surface area (Å²) in [5.74, 6) is -0.425. The minimum absolute atomic E-state index is 0.143. The Morgan fingerprint density at radius 3 is 1.85 bits per heavy atom. The standard InChI is InChI=1S/C25H25N3O5S/c29-24(20-8-12-22(13-9-20)33-18-19-6-2-1-3-7-19)26-27-25(30)21-10-14-23(15-11-21)34(31,32)28-16-4-5-17-28/h1-3,6-15H,4-5,16-18H2,(H,26,29)(H,27,30). The van der Waals surface area contributed by atoms with Crippen LogP contribution < -0.4 is 15.6 Å². The third kappa shape index (κ3) is 5.62. The molecule has 0 aliphatic carbocycles. The number of sulfonamides is 1. The molecule has 2 amide bonds. The van der Waals surface area contributed by atoms with Gasteiger partial charge in [0, 0.05) is 24.2 Å². The summed E-state index contributed by atoms with van der Waals surface area (Å²) in [6.07, 6.45) is 1.70. The van der Waals surface area contributed by atoms with Crippen molar-refractivity contribution in [1.82, 2.24) is 15.2 Å². The van der Waals surface area contributed by atoms with Gasteiger partial charge >= 0.3 is 0 Å². The van der Waals surface area contributed by atoms with Crippen LogP contribution in [0.4, 0.5) is 0 Å². The third-order valence-electron chi connectivity index (χ3n) is 5.47. The van der Waals surface area contributed by atoms with Gasteiger partial charge in [0.05, 0.1) is 4.90 Å². The molecular formula is C25H25N3O5S. The van der Waals surface area contributed by atoms with Gasteiger partial charge in [-0.15, -0.1) is 0 Å².